The van der Waals surface area contributed by atoms with Gasteiger partial charge in [-0.15, -0.1) is 0 Å². The van der Waals surface area contributed by atoms with Crippen LogP contribution >= 0.6 is 0 Å². The summed E-state index contributed by atoms with van der Waals surface area (Å²) in [5, 5.41) is 0. The minimum Gasteiger partial charge on any atom is -0.399 e. The second kappa shape index (κ2) is 8.77. The van der Waals surface area contributed by atoms with Gasteiger partial charge in [0.2, 0.25) is 0 Å². The Morgan fingerprint density at radius 1 is 0.686 bits per heavy atom. The van der Waals surface area contributed by atoms with Crippen molar-refractivity contribution in [2.75, 3.05) is 0 Å². The molecule has 0 radical (unpaired) electrons. The van der Waals surface area contributed by atoms with Gasteiger partial charge in [-0.1, -0.05) is 78.9 Å². The predicted molar refractivity (Wildman–Crippen MR) is 140 cm³/mol. The van der Waals surface area contributed by atoms with Gasteiger partial charge < -0.3 is 9.31 Å². The Morgan fingerprint density at radius 3 is 1.74 bits per heavy atom. The van der Waals surface area contributed by atoms with Gasteiger partial charge in [0, 0.05) is 11.1 Å². The monoisotopic (exact) mass is 459 g/mol. The highest BCUT2D eigenvalue weighted by Crippen LogP contribution is 2.36. The Bertz CT molecular complexity index is 1380. The molecule has 0 spiro atoms. The van der Waals surface area contributed by atoms with Crippen molar-refractivity contribution in [1.29, 1.82) is 0 Å². The Hall–Kier alpha value is -3.79. The van der Waals surface area contributed by atoms with Gasteiger partial charge in [-0.05, 0) is 44.8 Å². The van der Waals surface area contributed by atoms with E-state index in [0.717, 1.165) is 33.5 Å². The standard InChI is InChI=1S/C29H26BN3O2/c1-28(2)29(3,4)35-30(34-28)23-15-11-22(12-16-23)27-32-25(20-9-7-6-8-10-20)19-26(33-27)21-13-17-24(31-5)18-14-21/h6-19H,1-4H3. The molecule has 5 rings (SSSR count). The Balaban J connectivity index is 1.53. The summed E-state index contributed by atoms with van der Waals surface area (Å²) in [6, 6.07) is 27.6. The Labute approximate surface area is 206 Å². The van der Waals surface area contributed by atoms with E-state index in [-0.39, 0.29) is 11.2 Å². The van der Waals surface area contributed by atoms with E-state index in [2.05, 4.69) is 32.5 Å². The van der Waals surface area contributed by atoms with Crippen molar-refractivity contribution in [3.63, 3.8) is 0 Å². The number of hydrogen-bond acceptors (Lipinski definition) is 4. The first-order valence-corrected chi connectivity index (χ1v) is 11.6. The number of benzene rings is 3. The topological polar surface area (TPSA) is 48.6 Å². The minimum atomic E-state index is -0.415. The zero-order valence-electron chi connectivity index (χ0n) is 20.3. The lowest BCUT2D eigenvalue weighted by Gasteiger charge is -2.32. The van der Waals surface area contributed by atoms with Gasteiger partial charge in [0.05, 0.1) is 29.2 Å². The van der Waals surface area contributed by atoms with Crippen LogP contribution in [0.4, 0.5) is 5.69 Å². The third-order valence-electron chi connectivity index (χ3n) is 6.78. The summed E-state index contributed by atoms with van der Waals surface area (Å²) >= 11 is 0. The van der Waals surface area contributed by atoms with Crippen molar-refractivity contribution >= 4 is 18.3 Å². The van der Waals surface area contributed by atoms with E-state index >= 15 is 0 Å². The molecule has 0 aliphatic carbocycles. The lowest BCUT2D eigenvalue weighted by molar-refractivity contribution is 0.00578. The second-order valence-corrected chi connectivity index (χ2v) is 9.70. The molecule has 0 atom stereocenters. The van der Waals surface area contributed by atoms with E-state index in [0.29, 0.717) is 11.5 Å². The summed E-state index contributed by atoms with van der Waals surface area (Å²) in [6.07, 6.45) is 0. The lowest BCUT2D eigenvalue weighted by Crippen LogP contribution is -2.41. The zero-order valence-corrected chi connectivity index (χ0v) is 20.3. The summed E-state index contributed by atoms with van der Waals surface area (Å²) in [7, 11) is -0.415. The van der Waals surface area contributed by atoms with Gasteiger partial charge >= 0.3 is 7.12 Å². The van der Waals surface area contributed by atoms with Crippen molar-refractivity contribution in [2.24, 2.45) is 0 Å². The van der Waals surface area contributed by atoms with Crippen LogP contribution in [-0.2, 0) is 9.31 Å². The first-order valence-electron chi connectivity index (χ1n) is 11.6. The third-order valence-corrected chi connectivity index (χ3v) is 6.78. The Kier molecular flexibility index (Phi) is 5.76. The largest absolute Gasteiger partial charge is 0.494 e. The molecule has 35 heavy (non-hydrogen) atoms. The predicted octanol–water partition coefficient (Wildman–Crippen LogP) is 6.33. The molecule has 1 fully saturated rings. The summed E-state index contributed by atoms with van der Waals surface area (Å²) in [4.78, 5) is 13.3. The molecule has 0 unspecified atom stereocenters. The Morgan fingerprint density at radius 2 is 1.20 bits per heavy atom. The fourth-order valence-corrected chi connectivity index (χ4v) is 3.96. The number of nitrogens with zero attached hydrogens (tertiary/aromatic N) is 3. The molecule has 1 saturated heterocycles. The lowest BCUT2D eigenvalue weighted by atomic mass is 9.79. The maximum Gasteiger partial charge on any atom is 0.494 e. The van der Waals surface area contributed by atoms with Crippen molar-refractivity contribution < 1.29 is 9.31 Å². The van der Waals surface area contributed by atoms with Crippen molar-refractivity contribution in [3.05, 3.63) is 96.3 Å². The number of hydrogen-bond donors (Lipinski definition) is 0. The molecule has 1 aliphatic rings. The number of rotatable bonds is 4. The van der Waals surface area contributed by atoms with E-state index in [1.807, 2.05) is 84.9 Å². The van der Waals surface area contributed by atoms with E-state index in [9.17, 15) is 0 Å². The molecule has 1 aliphatic heterocycles. The summed E-state index contributed by atoms with van der Waals surface area (Å²) in [5.41, 5.74) is 5.29. The van der Waals surface area contributed by atoms with Gasteiger partial charge in [0.1, 0.15) is 0 Å². The average Bonchev–Trinajstić information content (AvgIpc) is 3.11. The van der Waals surface area contributed by atoms with Crippen LogP contribution in [0, 0.1) is 6.57 Å². The van der Waals surface area contributed by atoms with Crippen LogP contribution in [0.2, 0.25) is 0 Å². The molecule has 6 heteroatoms. The normalized spacial score (nSPS) is 16.1. The average molecular weight is 459 g/mol. The molecular weight excluding hydrogens is 433 g/mol. The molecule has 172 valence electrons. The van der Waals surface area contributed by atoms with E-state index in [1.165, 1.54) is 0 Å². The molecule has 0 N–H and O–H groups in total. The molecule has 0 saturated carbocycles. The maximum atomic E-state index is 7.22. The first kappa shape index (κ1) is 23.0. The van der Waals surface area contributed by atoms with Gasteiger partial charge in [-0.25, -0.2) is 14.8 Å². The molecule has 2 heterocycles. The molecule has 1 aromatic heterocycles. The minimum absolute atomic E-state index is 0.388. The van der Waals surface area contributed by atoms with E-state index < -0.39 is 7.12 Å². The smallest absolute Gasteiger partial charge is 0.399 e. The van der Waals surface area contributed by atoms with Crippen LogP contribution in [0.1, 0.15) is 27.7 Å². The van der Waals surface area contributed by atoms with Gasteiger partial charge in [0.25, 0.3) is 0 Å². The van der Waals surface area contributed by atoms with E-state index in [4.69, 9.17) is 25.8 Å². The highest BCUT2D eigenvalue weighted by Gasteiger charge is 2.51. The quantitative estimate of drug-likeness (QED) is 0.264. The van der Waals surface area contributed by atoms with Crippen LogP contribution in [0.5, 0.6) is 0 Å². The third kappa shape index (κ3) is 4.49. The maximum absolute atomic E-state index is 7.22. The fourth-order valence-electron chi connectivity index (χ4n) is 3.96. The first-order chi connectivity index (χ1) is 16.8. The molecule has 4 aromatic rings. The van der Waals surface area contributed by atoms with Gasteiger partial charge in [-0.3, -0.25) is 0 Å². The van der Waals surface area contributed by atoms with Crippen LogP contribution in [0.15, 0.2) is 84.9 Å². The summed E-state index contributed by atoms with van der Waals surface area (Å²) in [5.74, 6) is 0.635. The number of aromatic nitrogens is 2. The molecule has 5 nitrogen and oxygen atoms in total. The van der Waals surface area contributed by atoms with Gasteiger partial charge in [-0.2, -0.15) is 0 Å². The van der Waals surface area contributed by atoms with Crippen molar-refractivity contribution in [3.8, 4) is 33.9 Å². The SMILES string of the molecule is [C-]#[N+]c1ccc(-c2cc(-c3ccccc3)nc(-c3ccc(B4OC(C)(C)C(C)(C)O4)cc3)n2)cc1. The van der Waals surface area contributed by atoms with E-state index in [1.54, 1.807) is 0 Å². The second-order valence-electron chi connectivity index (χ2n) is 9.70. The van der Waals surface area contributed by atoms with Crippen LogP contribution in [0.25, 0.3) is 38.7 Å². The fraction of sp³-hybridized carbons (Fsp3) is 0.207. The zero-order chi connectivity index (χ0) is 24.6. The van der Waals surface area contributed by atoms with Crippen LogP contribution in [-0.4, -0.2) is 28.3 Å². The molecule has 3 aromatic carbocycles. The van der Waals surface area contributed by atoms with Crippen LogP contribution < -0.4 is 5.46 Å². The summed E-state index contributed by atoms with van der Waals surface area (Å²) < 4.78 is 12.4. The van der Waals surface area contributed by atoms with Gasteiger partial charge in [0.15, 0.2) is 11.5 Å². The molecule has 0 bridgehead atoms. The van der Waals surface area contributed by atoms with Crippen LogP contribution in [0.3, 0.4) is 0 Å². The summed E-state index contributed by atoms with van der Waals surface area (Å²) in [6.45, 7) is 15.4. The highest BCUT2D eigenvalue weighted by molar-refractivity contribution is 6.62. The molecular formula is C29H26BN3O2. The molecule has 0 amide bonds. The van der Waals surface area contributed by atoms with Crippen molar-refractivity contribution in [2.45, 2.75) is 38.9 Å². The van der Waals surface area contributed by atoms with Crippen molar-refractivity contribution in [1.82, 2.24) is 9.97 Å². The highest BCUT2D eigenvalue weighted by atomic mass is 16.7.